The fourth-order valence-electron chi connectivity index (χ4n) is 2.24. The average molecular weight is 234 g/mol. The van der Waals surface area contributed by atoms with Gasteiger partial charge in [0.05, 0.1) is 0 Å². The number of nitrogens with zero attached hydrogens (tertiary/aromatic N) is 2. The predicted molar refractivity (Wildman–Crippen MR) is 72.5 cm³/mol. The zero-order valence-corrected chi connectivity index (χ0v) is 10.7. The lowest BCUT2D eigenvalue weighted by Gasteiger charge is -2.24. The maximum atomic E-state index is 4.45. The van der Waals surface area contributed by atoms with Crippen LogP contribution in [0.25, 0.3) is 0 Å². The van der Waals surface area contributed by atoms with Gasteiger partial charge in [-0.3, -0.25) is 4.90 Å². The molecule has 94 valence electrons. The standard InChI is InChI=1S/C13H22N4/c1-11(17-8-3-4-9-17)10-15-13-7-5-6-12(14-2)16-13/h5-7,11H,3-4,8-10H2,1-2H3,(H2,14,15,16). The van der Waals surface area contributed by atoms with Crippen LogP contribution in [-0.4, -0.2) is 42.6 Å². The van der Waals surface area contributed by atoms with Gasteiger partial charge in [0.15, 0.2) is 0 Å². The SMILES string of the molecule is CNc1cccc(NCC(C)N2CCCC2)n1. The van der Waals surface area contributed by atoms with Gasteiger partial charge in [0, 0.05) is 19.6 Å². The molecule has 1 atom stereocenters. The summed E-state index contributed by atoms with van der Waals surface area (Å²) in [5.74, 6) is 1.85. The number of hydrogen-bond acceptors (Lipinski definition) is 4. The fraction of sp³-hybridized carbons (Fsp3) is 0.615. The van der Waals surface area contributed by atoms with Gasteiger partial charge in [0.1, 0.15) is 11.6 Å². The van der Waals surface area contributed by atoms with Gasteiger partial charge in [0.2, 0.25) is 0 Å². The summed E-state index contributed by atoms with van der Waals surface area (Å²) in [5, 5.41) is 6.45. The zero-order valence-electron chi connectivity index (χ0n) is 10.7. The highest BCUT2D eigenvalue weighted by Gasteiger charge is 2.17. The van der Waals surface area contributed by atoms with E-state index in [1.807, 2.05) is 25.2 Å². The second-order valence-electron chi connectivity index (χ2n) is 4.63. The minimum absolute atomic E-state index is 0.581. The Balaban J connectivity index is 1.83. The summed E-state index contributed by atoms with van der Waals surface area (Å²) in [4.78, 5) is 6.99. The van der Waals surface area contributed by atoms with Crippen molar-refractivity contribution in [2.45, 2.75) is 25.8 Å². The number of pyridine rings is 1. The van der Waals surface area contributed by atoms with E-state index in [2.05, 4.69) is 27.4 Å². The van der Waals surface area contributed by atoms with Gasteiger partial charge in [-0.25, -0.2) is 4.98 Å². The Morgan fingerprint density at radius 1 is 1.29 bits per heavy atom. The van der Waals surface area contributed by atoms with Gasteiger partial charge in [-0.15, -0.1) is 0 Å². The molecule has 0 saturated carbocycles. The molecule has 1 aromatic rings. The fourth-order valence-corrected chi connectivity index (χ4v) is 2.24. The summed E-state index contributed by atoms with van der Waals surface area (Å²) >= 11 is 0. The van der Waals surface area contributed by atoms with Crippen LogP contribution in [0.5, 0.6) is 0 Å². The Kier molecular flexibility index (Phi) is 4.20. The van der Waals surface area contributed by atoms with E-state index in [9.17, 15) is 0 Å². The minimum atomic E-state index is 0.581. The third-order valence-corrected chi connectivity index (χ3v) is 3.35. The smallest absolute Gasteiger partial charge is 0.128 e. The van der Waals surface area contributed by atoms with E-state index < -0.39 is 0 Å². The van der Waals surface area contributed by atoms with E-state index in [1.54, 1.807) is 0 Å². The Morgan fingerprint density at radius 2 is 2.00 bits per heavy atom. The largest absolute Gasteiger partial charge is 0.373 e. The average Bonchev–Trinajstić information content (AvgIpc) is 2.90. The molecule has 0 radical (unpaired) electrons. The van der Waals surface area contributed by atoms with E-state index in [1.165, 1.54) is 25.9 Å². The normalized spacial score (nSPS) is 18.0. The van der Waals surface area contributed by atoms with Crippen molar-refractivity contribution in [3.63, 3.8) is 0 Å². The lowest BCUT2D eigenvalue weighted by Crippen LogP contribution is -2.35. The number of likely N-dealkylation sites (tertiary alicyclic amines) is 1. The zero-order chi connectivity index (χ0) is 12.1. The molecular weight excluding hydrogens is 212 g/mol. The number of nitrogens with one attached hydrogen (secondary N) is 2. The molecule has 1 aromatic heterocycles. The Morgan fingerprint density at radius 3 is 2.71 bits per heavy atom. The molecule has 4 nitrogen and oxygen atoms in total. The summed E-state index contributed by atoms with van der Waals surface area (Å²) in [6, 6.07) is 6.58. The minimum Gasteiger partial charge on any atom is -0.373 e. The van der Waals surface area contributed by atoms with Crippen molar-refractivity contribution in [2.75, 3.05) is 37.3 Å². The highest BCUT2D eigenvalue weighted by Crippen LogP contribution is 2.13. The molecule has 1 aliphatic rings. The first-order chi connectivity index (χ1) is 8.29. The van der Waals surface area contributed by atoms with Crippen molar-refractivity contribution < 1.29 is 0 Å². The van der Waals surface area contributed by atoms with E-state index >= 15 is 0 Å². The van der Waals surface area contributed by atoms with Gasteiger partial charge in [0.25, 0.3) is 0 Å². The van der Waals surface area contributed by atoms with Gasteiger partial charge in [-0.2, -0.15) is 0 Å². The first-order valence-corrected chi connectivity index (χ1v) is 6.42. The van der Waals surface area contributed by atoms with Crippen LogP contribution in [0.2, 0.25) is 0 Å². The van der Waals surface area contributed by atoms with Crippen LogP contribution in [0.3, 0.4) is 0 Å². The third-order valence-electron chi connectivity index (χ3n) is 3.35. The molecule has 0 amide bonds. The Hall–Kier alpha value is -1.29. The molecule has 0 aromatic carbocycles. The van der Waals surface area contributed by atoms with Crippen molar-refractivity contribution in [3.8, 4) is 0 Å². The van der Waals surface area contributed by atoms with E-state index in [0.29, 0.717) is 6.04 Å². The third kappa shape index (κ3) is 3.33. The first kappa shape index (κ1) is 12.2. The topological polar surface area (TPSA) is 40.2 Å². The van der Waals surface area contributed by atoms with Crippen LogP contribution in [0.4, 0.5) is 11.6 Å². The van der Waals surface area contributed by atoms with Gasteiger partial charge >= 0.3 is 0 Å². The van der Waals surface area contributed by atoms with Crippen LogP contribution in [-0.2, 0) is 0 Å². The summed E-state index contributed by atoms with van der Waals surface area (Å²) in [6.45, 7) is 5.72. The number of anilines is 2. The molecule has 0 bridgehead atoms. The van der Waals surface area contributed by atoms with Crippen molar-refractivity contribution in [1.29, 1.82) is 0 Å². The molecule has 17 heavy (non-hydrogen) atoms. The number of rotatable bonds is 5. The molecule has 2 rings (SSSR count). The summed E-state index contributed by atoms with van der Waals surface area (Å²) in [5.41, 5.74) is 0. The molecule has 4 heteroatoms. The highest BCUT2D eigenvalue weighted by molar-refractivity contribution is 5.44. The molecule has 0 aliphatic carbocycles. The molecule has 0 spiro atoms. The summed E-state index contributed by atoms with van der Waals surface area (Å²) in [7, 11) is 1.89. The van der Waals surface area contributed by atoms with Crippen molar-refractivity contribution in [1.82, 2.24) is 9.88 Å². The molecular formula is C13H22N4. The summed E-state index contributed by atoms with van der Waals surface area (Å²) < 4.78 is 0. The van der Waals surface area contributed by atoms with Gasteiger partial charge in [-0.05, 0) is 45.0 Å². The highest BCUT2D eigenvalue weighted by atomic mass is 15.2. The molecule has 1 fully saturated rings. The van der Waals surface area contributed by atoms with Crippen LogP contribution in [0.1, 0.15) is 19.8 Å². The Bertz CT molecular complexity index is 347. The van der Waals surface area contributed by atoms with Crippen LogP contribution >= 0.6 is 0 Å². The van der Waals surface area contributed by atoms with E-state index in [4.69, 9.17) is 0 Å². The Labute approximate surface area is 103 Å². The molecule has 2 N–H and O–H groups in total. The quantitative estimate of drug-likeness (QED) is 0.817. The number of aromatic nitrogens is 1. The second kappa shape index (κ2) is 5.87. The molecule has 1 saturated heterocycles. The summed E-state index contributed by atoms with van der Waals surface area (Å²) in [6.07, 6.45) is 2.69. The maximum Gasteiger partial charge on any atom is 0.128 e. The number of hydrogen-bond donors (Lipinski definition) is 2. The molecule has 2 heterocycles. The van der Waals surface area contributed by atoms with E-state index in [-0.39, 0.29) is 0 Å². The van der Waals surface area contributed by atoms with Gasteiger partial charge in [-0.1, -0.05) is 6.07 Å². The van der Waals surface area contributed by atoms with Crippen LogP contribution in [0, 0.1) is 0 Å². The van der Waals surface area contributed by atoms with E-state index in [0.717, 1.165) is 18.2 Å². The van der Waals surface area contributed by atoms with Crippen molar-refractivity contribution >= 4 is 11.6 Å². The second-order valence-corrected chi connectivity index (χ2v) is 4.63. The van der Waals surface area contributed by atoms with Crippen LogP contribution in [0.15, 0.2) is 18.2 Å². The predicted octanol–water partition coefficient (Wildman–Crippen LogP) is 2.02. The van der Waals surface area contributed by atoms with Crippen molar-refractivity contribution in [2.24, 2.45) is 0 Å². The molecule has 1 aliphatic heterocycles. The van der Waals surface area contributed by atoms with Gasteiger partial charge < -0.3 is 10.6 Å². The maximum absolute atomic E-state index is 4.45. The molecule has 1 unspecified atom stereocenters. The van der Waals surface area contributed by atoms with Crippen LogP contribution < -0.4 is 10.6 Å². The lowest BCUT2D eigenvalue weighted by atomic mass is 10.3. The van der Waals surface area contributed by atoms with Crippen molar-refractivity contribution in [3.05, 3.63) is 18.2 Å². The monoisotopic (exact) mass is 234 g/mol. The lowest BCUT2D eigenvalue weighted by molar-refractivity contribution is 0.269. The first-order valence-electron chi connectivity index (χ1n) is 6.42.